The number of benzene rings is 1. The molecule has 0 unspecified atom stereocenters. The maximum absolute atomic E-state index is 11.8. The molecule has 0 radical (unpaired) electrons. The highest BCUT2D eigenvalue weighted by atomic mass is 16.2. The first kappa shape index (κ1) is 14.2. The van der Waals surface area contributed by atoms with Crippen molar-refractivity contribution in [3.63, 3.8) is 0 Å². The van der Waals surface area contributed by atoms with Crippen LogP contribution in [0.25, 0.3) is 0 Å². The summed E-state index contributed by atoms with van der Waals surface area (Å²) in [6.07, 6.45) is 0.873. The van der Waals surface area contributed by atoms with Crippen LogP contribution in [0.5, 0.6) is 0 Å². The van der Waals surface area contributed by atoms with Gasteiger partial charge in [-0.25, -0.2) is 0 Å². The molecule has 98 valence electrons. The first-order valence-electron chi connectivity index (χ1n) is 6.01. The molecule has 2 amide bonds. The lowest BCUT2D eigenvalue weighted by molar-refractivity contribution is -0.120. The van der Waals surface area contributed by atoms with Crippen LogP contribution in [0.15, 0.2) is 24.3 Å². The summed E-state index contributed by atoms with van der Waals surface area (Å²) < 4.78 is 0. The number of nitrogens with one attached hydrogen (secondary N) is 2. The summed E-state index contributed by atoms with van der Waals surface area (Å²) in [6, 6.07) is 7.04. The van der Waals surface area contributed by atoms with Crippen LogP contribution in [0.3, 0.4) is 0 Å². The topological polar surface area (TPSA) is 84.2 Å². The number of carbonyl (C=O) groups is 2. The van der Waals surface area contributed by atoms with E-state index in [1.165, 1.54) is 0 Å². The molecule has 0 aliphatic rings. The van der Waals surface area contributed by atoms with Crippen molar-refractivity contribution in [2.45, 2.75) is 19.9 Å². The first-order valence-corrected chi connectivity index (χ1v) is 6.01. The highest BCUT2D eigenvalue weighted by molar-refractivity contribution is 5.96. The molecule has 0 spiro atoms. The van der Waals surface area contributed by atoms with Gasteiger partial charge in [-0.1, -0.05) is 19.1 Å². The third-order valence-corrected chi connectivity index (χ3v) is 2.41. The molecule has 0 aliphatic carbocycles. The van der Waals surface area contributed by atoms with Gasteiger partial charge in [0.25, 0.3) is 5.91 Å². The number of amides is 2. The van der Waals surface area contributed by atoms with Crippen molar-refractivity contribution >= 4 is 11.8 Å². The Kier molecular flexibility index (Phi) is 5.87. The smallest absolute Gasteiger partial charge is 0.251 e. The normalized spacial score (nSPS) is 9.89. The minimum Gasteiger partial charge on any atom is -0.355 e. The van der Waals surface area contributed by atoms with Gasteiger partial charge in [0.2, 0.25) is 5.91 Å². The average Bonchev–Trinajstić information content (AvgIpc) is 2.42. The molecule has 5 heteroatoms. The second-order valence-corrected chi connectivity index (χ2v) is 3.94. The van der Waals surface area contributed by atoms with Crippen molar-refractivity contribution in [2.24, 2.45) is 5.73 Å². The summed E-state index contributed by atoms with van der Waals surface area (Å²) in [6.45, 7) is 2.97. The van der Waals surface area contributed by atoms with Gasteiger partial charge >= 0.3 is 0 Å². The summed E-state index contributed by atoms with van der Waals surface area (Å²) in [5.74, 6) is -0.447. The molecule has 18 heavy (non-hydrogen) atoms. The molecule has 0 aliphatic heterocycles. The lowest BCUT2D eigenvalue weighted by Crippen LogP contribution is -2.37. The van der Waals surface area contributed by atoms with E-state index in [9.17, 15) is 9.59 Å². The number of hydrogen-bond acceptors (Lipinski definition) is 3. The Morgan fingerprint density at radius 1 is 1.28 bits per heavy atom. The van der Waals surface area contributed by atoms with Gasteiger partial charge in [0.1, 0.15) is 0 Å². The molecule has 4 N–H and O–H groups in total. The number of rotatable bonds is 6. The molecule has 5 nitrogen and oxygen atoms in total. The highest BCUT2D eigenvalue weighted by Crippen LogP contribution is 2.04. The van der Waals surface area contributed by atoms with Crippen molar-refractivity contribution in [3.05, 3.63) is 35.4 Å². The zero-order chi connectivity index (χ0) is 13.4. The van der Waals surface area contributed by atoms with Gasteiger partial charge < -0.3 is 16.4 Å². The van der Waals surface area contributed by atoms with Crippen molar-refractivity contribution in [2.75, 3.05) is 13.1 Å². The van der Waals surface area contributed by atoms with Crippen LogP contribution >= 0.6 is 0 Å². The Labute approximate surface area is 107 Å². The molecular formula is C13H19N3O2. The average molecular weight is 249 g/mol. The third-order valence-electron chi connectivity index (χ3n) is 2.41. The third kappa shape index (κ3) is 4.55. The van der Waals surface area contributed by atoms with E-state index in [4.69, 9.17) is 5.73 Å². The Balaban J connectivity index is 2.47. The Morgan fingerprint density at radius 3 is 2.72 bits per heavy atom. The fourth-order valence-electron chi connectivity index (χ4n) is 1.43. The Bertz CT molecular complexity index is 418. The van der Waals surface area contributed by atoms with Gasteiger partial charge in [-0.2, -0.15) is 0 Å². The molecule has 1 rings (SSSR count). The number of nitrogens with two attached hydrogens (primary N) is 1. The first-order chi connectivity index (χ1) is 8.67. The van der Waals surface area contributed by atoms with Crippen LogP contribution in [0.4, 0.5) is 0 Å². The van der Waals surface area contributed by atoms with Crippen molar-refractivity contribution in [1.82, 2.24) is 10.6 Å². The van der Waals surface area contributed by atoms with Crippen LogP contribution in [0.2, 0.25) is 0 Å². The van der Waals surface area contributed by atoms with Crippen LogP contribution < -0.4 is 16.4 Å². The molecule has 1 aromatic carbocycles. The predicted octanol–water partition coefficient (Wildman–Crippen LogP) is 0.401. The minimum absolute atomic E-state index is 0.00825. The molecule has 1 aromatic rings. The lowest BCUT2D eigenvalue weighted by Gasteiger charge is -2.06. The van der Waals surface area contributed by atoms with Gasteiger partial charge in [0, 0.05) is 18.7 Å². The van der Waals surface area contributed by atoms with Crippen LogP contribution in [0.1, 0.15) is 29.3 Å². The quantitative estimate of drug-likeness (QED) is 0.682. The summed E-state index contributed by atoms with van der Waals surface area (Å²) in [5, 5.41) is 5.26. The van der Waals surface area contributed by atoms with E-state index in [0.717, 1.165) is 12.0 Å². The van der Waals surface area contributed by atoms with E-state index in [2.05, 4.69) is 10.6 Å². The molecule has 0 heterocycles. The maximum atomic E-state index is 11.8. The molecule has 0 atom stereocenters. The van der Waals surface area contributed by atoms with E-state index in [0.29, 0.717) is 18.7 Å². The Hall–Kier alpha value is -1.88. The largest absolute Gasteiger partial charge is 0.355 e. The van der Waals surface area contributed by atoms with Gasteiger partial charge in [-0.3, -0.25) is 9.59 Å². The molecule has 0 bridgehead atoms. The highest BCUT2D eigenvalue weighted by Gasteiger charge is 2.07. The standard InChI is InChI=1S/C13H19N3O2/c1-2-6-15-12(17)9-16-13(18)11-5-3-4-10(7-11)8-14/h3-5,7H,2,6,8-9,14H2,1H3,(H,15,17)(H,16,18). The molecule has 0 saturated carbocycles. The van der Waals surface area contributed by atoms with E-state index in [1.54, 1.807) is 18.2 Å². The fraction of sp³-hybridized carbons (Fsp3) is 0.385. The molecule has 0 aromatic heterocycles. The lowest BCUT2D eigenvalue weighted by atomic mass is 10.1. The summed E-state index contributed by atoms with van der Waals surface area (Å²) in [5.41, 5.74) is 6.90. The van der Waals surface area contributed by atoms with E-state index in [1.807, 2.05) is 13.0 Å². The fourth-order valence-corrected chi connectivity index (χ4v) is 1.43. The zero-order valence-corrected chi connectivity index (χ0v) is 10.5. The molecular weight excluding hydrogens is 230 g/mol. The minimum atomic E-state index is -0.267. The molecule has 0 fully saturated rings. The van der Waals surface area contributed by atoms with Crippen LogP contribution in [0, 0.1) is 0 Å². The van der Waals surface area contributed by atoms with E-state index >= 15 is 0 Å². The van der Waals surface area contributed by atoms with Crippen molar-refractivity contribution < 1.29 is 9.59 Å². The number of carbonyl (C=O) groups excluding carboxylic acids is 2. The van der Waals surface area contributed by atoms with Gasteiger partial charge in [0.15, 0.2) is 0 Å². The predicted molar refractivity (Wildman–Crippen MR) is 70.0 cm³/mol. The van der Waals surface area contributed by atoms with E-state index in [-0.39, 0.29) is 18.4 Å². The van der Waals surface area contributed by atoms with Crippen LogP contribution in [-0.2, 0) is 11.3 Å². The molecule has 0 saturated heterocycles. The van der Waals surface area contributed by atoms with E-state index < -0.39 is 0 Å². The van der Waals surface area contributed by atoms with Gasteiger partial charge in [-0.05, 0) is 24.1 Å². The summed E-state index contributed by atoms with van der Waals surface area (Å²) in [7, 11) is 0. The Morgan fingerprint density at radius 2 is 2.06 bits per heavy atom. The SMILES string of the molecule is CCCNC(=O)CNC(=O)c1cccc(CN)c1. The van der Waals surface area contributed by atoms with Crippen LogP contribution in [-0.4, -0.2) is 24.9 Å². The van der Waals surface area contributed by atoms with Crippen molar-refractivity contribution in [3.8, 4) is 0 Å². The second kappa shape index (κ2) is 7.45. The van der Waals surface area contributed by atoms with Gasteiger partial charge in [0.05, 0.1) is 6.54 Å². The van der Waals surface area contributed by atoms with Gasteiger partial charge in [-0.15, -0.1) is 0 Å². The second-order valence-electron chi connectivity index (χ2n) is 3.94. The zero-order valence-electron chi connectivity index (χ0n) is 10.5. The summed E-state index contributed by atoms with van der Waals surface area (Å²) >= 11 is 0. The maximum Gasteiger partial charge on any atom is 0.251 e. The monoisotopic (exact) mass is 249 g/mol. The number of hydrogen-bond donors (Lipinski definition) is 3. The van der Waals surface area contributed by atoms with Crippen molar-refractivity contribution in [1.29, 1.82) is 0 Å². The summed E-state index contributed by atoms with van der Waals surface area (Å²) in [4.78, 5) is 23.1.